The molecule has 6 rings (SSSR count). The zero-order chi connectivity index (χ0) is 21.9. The number of ether oxygens (including phenoxy) is 1. The molecule has 1 spiro atoms. The number of hydrogen-bond donors (Lipinski definition) is 2. The minimum atomic E-state index is -1.03. The molecule has 3 aliphatic heterocycles. The van der Waals surface area contributed by atoms with Crippen LogP contribution in [0.25, 0.3) is 0 Å². The number of thiophene rings is 1. The lowest BCUT2D eigenvalue weighted by atomic mass is 9.74. The molecule has 0 radical (unpaired) electrons. The third kappa shape index (κ3) is 3.14. The van der Waals surface area contributed by atoms with Crippen molar-refractivity contribution in [3.8, 4) is 0 Å². The summed E-state index contributed by atoms with van der Waals surface area (Å²) in [6, 6.07) is 3.48. The average Bonchev–Trinajstić information content (AvgIpc) is 3.15. The number of likely N-dealkylation sites (tertiary alicyclic amines) is 1. The predicted octanol–water partition coefficient (Wildman–Crippen LogP) is 2.13. The minimum Gasteiger partial charge on any atom is -0.359 e. The highest BCUT2D eigenvalue weighted by atomic mass is 32.1. The second-order valence-corrected chi connectivity index (χ2v) is 10.9. The van der Waals surface area contributed by atoms with Crippen molar-refractivity contribution in [3.05, 3.63) is 34.5 Å². The monoisotopic (exact) mass is 455 g/mol. The molecule has 5 aliphatic rings. The highest BCUT2D eigenvalue weighted by molar-refractivity contribution is 7.09. The van der Waals surface area contributed by atoms with Crippen molar-refractivity contribution in [2.45, 2.75) is 81.3 Å². The van der Waals surface area contributed by atoms with Crippen LogP contribution < -0.4 is 10.6 Å². The summed E-state index contributed by atoms with van der Waals surface area (Å²) in [5, 5.41) is 8.20. The Hall–Kier alpha value is -2.19. The van der Waals surface area contributed by atoms with Gasteiger partial charge in [0.2, 0.25) is 17.7 Å². The third-order valence-corrected chi connectivity index (χ3v) is 8.65. The first-order valence-corrected chi connectivity index (χ1v) is 12.8. The van der Waals surface area contributed by atoms with Gasteiger partial charge in [0.25, 0.3) is 0 Å². The van der Waals surface area contributed by atoms with Gasteiger partial charge in [-0.1, -0.05) is 37.5 Å². The van der Waals surface area contributed by atoms with Gasteiger partial charge in [-0.25, -0.2) is 0 Å². The van der Waals surface area contributed by atoms with Crippen LogP contribution in [0.3, 0.4) is 0 Å². The lowest BCUT2D eigenvalue weighted by molar-refractivity contribution is -0.142. The van der Waals surface area contributed by atoms with E-state index in [0.29, 0.717) is 6.54 Å². The lowest BCUT2D eigenvalue weighted by Gasteiger charge is -2.34. The van der Waals surface area contributed by atoms with Gasteiger partial charge in [0.1, 0.15) is 11.6 Å². The van der Waals surface area contributed by atoms with Crippen molar-refractivity contribution < 1.29 is 19.1 Å². The summed E-state index contributed by atoms with van der Waals surface area (Å²) >= 11 is 1.59. The molecule has 0 aromatic carbocycles. The molecule has 8 heteroatoms. The molecule has 2 bridgehead atoms. The molecule has 3 amide bonds. The quantitative estimate of drug-likeness (QED) is 0.644. The molecular formula is C24H29N3O4S. The van der Waals surface area contributed by atoms with Gasteiger partial charge >= 0.3 is 0 Å². The predicted molar refractivity (Wildman–Crippen MR) is 119 cm³/mol. The van der Waals surface area contributed by atoms with Crippen LogP contribution in [0.2, 0.25) is 0 Å². The maximum atomic E-state index is 13.7. The second-order valence-electron chi connectivity index (χ2n) is 9.82. The number of fused-ring (bicyclic) bond motifs is 1. The summed E-state index contributed by atoms with van der Waals surface area (Å²) < 4.78 is 6.36. The van der Waals surface area contributed by atoms with E-state index in [4.69, 9.17) is 4.74 Å². The van der Waals surface area contributed by atoms with Crippen molar-refractivity contribution in [2.24, 2.45) is 11.8 Å². The van der Waals surface area contributed by atoms with Gasteiger partial charge in [0, 0.05) is 17.0 Å². The van der Waals surface area contributed by atoms with Crippen LogP contribution >= 0.6 is 11.3 Å². The number of carbonyl (C=O) groups excluding carboxylic acids is 3. The number of nitrogens with one attached hydrogen (secondary N) is 2. The normalized spacial score (nSPS) is 35.9. The summed E-state index contributed by atoms with van der Waals surface area (Å²) in [6.07, 6.45) is 10.6. The van der Waals surface area contributed by atoms with Crippen molar-refractivity contribution in [3.63, 3.8) is 0 Å². The van der Waals surface area contributed by atoms with Crippen LogP contribution in [-0.2, 0) is 25.7 Å². The van der Waals surface area contributed by atoms with Gasteiger partial charge in [-0.15, -0.1) is 11.3 Å². The van der Waals surface area contributed by atoms with Crippen LogP contribution in [0, 0.1) is 11.8 Å². The first-order chi connectivity index (χ1) is 15.6. The molecule has 2 N–H and O–H groups in total. The Morgan fingerprint density at radius 2 is 1.97 bits per heavy atom. The Morgan fingerprint density at radius 3 is 2.69 bits per heavy atom. The zero-order valence-corrected chi connectivity index (χ0v) is 18.8. The first kappa shape index (κ1) is 20.4. The maximum absolute atomic E-state index is 13.7. The van der Waals surface area contributed by atoms with Gasteiger partial charge in [0.15, 0.2) is 0 Å². The fourth-order valence-corrected chi connectivity index (χ4v) is 6.83. The van der Waals surface area contributed by atoms with E-state index >= 15 is 0 Å². The van der Waals surface area contributed by atoms with Crippen LogP contribution in [0.5, 0.6) is 0 Å². The van der Waals surface area contributed by atoms with E-state index in [1.165, 1.54) is 6.42 Å². The molecule has 7 nitrogen and oxygen atoms in total. The SMILES string of the molecule is O=C(NCc1cccs1)[C@@H]1[C@H]2C(=O)N(C3CC3)[C@H](C(=O)NC3CCCCC3)[C@]23C=C[C@H]1O3. The summed E-state index contributed by atoms with van der Waals surface area (Å²) in [4.78, 5) is 43.3. The average molecular weight is 456 g/mol. The summed E-state index contributed by atoms with van der Waals surface area (Å²) in [7, 11) is 0. The zero-order valence-electron chi connectivity index (χ0n) is 18.0. The first-order valence-electron chi connectivity index (χ1n) is 11.9. The number of carbonyl (C=O) groups is 3. The van der Waals surface area contributed by atoms with Crippen molar-refractivity contribution >= 4 is 29.1 Å². The Bertz CT molecular complexity index is 952. The van der Waals surface area contributed by atoms with Gasteiger partial charge in [-0.05, 0) is 37.1 Å². The van der Waals surface area contributed by atoms with E-state index in [1.54, 1.807) is 16.2 Å². The fourth-order valence-electron chi connectivity index (χ4n) is 6.18. The van der Waals surface area contributed by atoms with Crippen LogP contribution in [0.1, 0.15) is 49.8 Å². The molecule has 1 aromatic heterocycles. The van der Waals surface area contributed by atoms with Crippen molar-refractivity contribution in [2.75, 3.05) is 0 Å². The molecule has 1 aromatic rings. The molecule has 2 aliphatic carbocycles. The van der Waals surface area contributed by atoms with Gasteiger partial charge in [-0.3, -0.25) is 14.4 Å². The van der Waals surface area contributed by atoms with Crippen molar-refractivity contribution in [1.29, 1.82) is 0 Å². The Balaban J connectivity index is 1.26. The minimum absolute atomic E-state index is 0.0791. The largest absolute Gasteiger partial charge is 0.359 e. The summed E-state index contributed by atoms with van der Waals surface area (Å²) in [6.45, 7) is 0.440. The molecule has 2 saturated heterocycles. The number of hydrogen-bond acceptors (Lipinski definition) is 5. The third-order valence-electron chi connectivity index (χ3n) is 7.77. The number of nitrogens with zero attached hydrogens (tertiary/aromatic N) is 1. The Morgan fingerprint density at radius 1 is 1.16 bits per heavy atom. The Labute approximate surface area is 191 Å². The molecule has 2 saturated carbocycles. The lowest BCUT2D eigenvalue weighted by Crippen LogP contribution is -2.57. The molecule has 5 atom stereocenters. The summed E-state index contributed by atoms with van der Waals surface area (Å²) in [5.74, 6) is -1.62. The molecule has 0 unspecified atom stereocenters. The molecular weight excluding hydrogens is 426 g/mol. The molecule has 4 fully saturated rings. The second kappa shape index (κ2) is 7.70. The van der Waals surface area contributed by atoms with E-state index in [1.807, 2.05) is 29.7 Å². The highest BCUT2D eigenvalue weighted by Gasteiger charge is 2.74. The maximum Gasteiger partial charge on any atom is 0.246 e. The van der Waals surface area contributed by atoms with E-state index < -0.39 is 29.6 Å². The van der Waals surface area contributed by atoms with E-state index in [0.717, 1.165) is 43.4 Å². The van der Waals surface area contributed by atoms with E-state index in [2.05, 4.69) is 10.6 Å². The summed E-state index contributed by atoms with van der Waals surface area (Å²) in [5.41, 5.74) is -1.03. The standard InChI is InChI=1S/C24H29N3O4S/c28-21(25-13-16-7-4-12-32-16)18-17-10-11-24(31-17)19(18)23(30)27(15-8-9-15)20(24)22(29)26-14-5-2-1-3-6-14/h4,7,10-12,14-15,17-20H,1-3,5-6,8-9,13H2,(H,25,28)(H,26,29)/t17-,18+,19+,20-,24+/m1/s1. The molecule has 170 valence electrons. The number of rotatable bonds is 6. The smallest absolute Gasteiger partial charge is 0.246 e. The van der Waals surface area contributed by atoms with Crippen LogP contribution in [0.15, 0.2) is 29.7 Å². The van der Waals surface area contributed by atoms with Crippen LogP contribution in [-0.4, -0.2) is 52.5 Å². The van der Waals surface area contributed by atoms with E-state index in [9.17, 15) is 14.4 Å². The Kier molecular flexibility index (Phi) is 4.91. The van der Waals surface area contributed by atoms with E-state index in [-0.39, 0.29) is 29.8 Å². The highest BCUT2D eigenvalue weighted by Crippen LogP contribution is 2.57. The van der Waals surface area contributed by atoms with Gasteiger partial charge in [-0.2, -0.15) is 0 Å². The van der Waals surface area contributed by atoms with Crippen molar-refractivity contribution in [1.82, 2.24) is 15.5 Å². The van der Waals surface area contributed by atoms with Gasteiger partial charge in [0.05, 0.1) is 24.5 Å². The topological polar surface area (TPSA) is 87.7 Å². The van der Waals surface area contributed by atoms with Crippen LogP contribution in [0.4, 0.5) is 0 Å². The number of amides is 3. The molecule has 32 heavy (non-hydrogen) atoms. The molecule has 4 heterocycles. The van der Waals surface area contributed by atoms with Gasteiger partial charge < -0.3 is 20.3 Å². The fraction of sp³-hybridized carbons (Fsp3) is 0.625.